The maximum Gasteiger partial charge on any atom is 0.224 e. The first-order valence-corrected chi connectivity index (χ1v) is 8.54. The number of amides is 1. The number of rotatable bonds is 4. The highest BCUT2D eigenvalue weighted by molar-refractivity contribution is 7.71. The molecule has 2 aromatic rings. The molecule has 1 heterocycles. The number of hydrogen-bond acceptors (Lipinski definition) is 3. The summed E-state index contributed by atoms with van der Waals surface area (Å²) in [5.74, 6) is -0.00769. The first kappa shape index (κ1) is 18.3. The molecule has 1 aromatic heterocycles. The number of carbonyl (C=O) groups excluding carboxylic acids is 1. The Bertz CT molecular complexity index is 803. The van der Waals surface area contributed by atoms with Crippen LogP contribution in [0.2, 0.25) is 0 Å². The van der Waals surface area contributed by atoms with E-state index in [1.165, 1.54) is 11.1 Å². The number of H-pyrrole nitrogens is 1. The lowest BCUT2D eigenvalue weighted by atomic mass is 9.91. The number of aromatic amines is 1. The SMILES string of the molecule is Cc1ccc(NC(=O)CCc2cc(C(C)(C)C)nc(=S)[nH]2)cc1C. The molecular formula is C19H25N3OS. The normalized spacial score (nSPS) is 11.4. The van der Waals surface area contributed by atoms with E-state index in [9.17, 15) is 4.79 Å². The highest BCUT2D eigenvalue weighted by Gasteiger charge is 2.16. The van der Waals surface area contributed by atoms with E-state index in [4.69, 9.17) is 12.2 Å². The second kappa shape index (κ2) is 7.26. The molecule has 0 aliphatic rings. The molecule has 24 heavy (non-hydrogen) atoms. The van der Waals surface area contributed by atoms with Crippen LogP contribution in [0.25, 0.3) is 0 Å². The fourth-order valence-corrected chi connectivity index (χ4v) is 2.55. The Kier molecular flexibility index (Phi) is 5.54. The van der Waals surface area contributed by atoms with Crippen LogP contribution in [-0.4, -0.2) is 15.9 Å². The van der Waals surface area contributed by atoms with Crippen molar-refractivity contribution in [2.45, 2.75) is 52.9 Å². The number of benzene rings is 1. The minimum atomic E-state index is -0.0703. The van der Waals surface area contributed by atoms with Gasteiger partial charge in [-0.1, -0.05) is 26.8 Å². The lowest BCUT2D eigenvalue weighted by molar-refractivity contribution is -0.116. The lowest BCUT2D eigenvalue weighted by Crippen LogP contribution is -2.16. The quantitative estimate of drug-likeness (QED) is 0.796. The smallest absolute Gasteiger partial charge is 0.224 e. The molecule has 0 saturated heterocycles. The van der Waals surface area contributed by atoms with Gasteiger partial charge in [0.2, 0.25) is 5.91 Å². The molecule has 4 nitrogen and oxygen atoms in total. The van der Waals surface area contributed by atoms with Crippen LogP contribution in [0.15, 0.2) is 24.3 Å². The summed E-state index contributed by atoms with van der Waals surface area (Å²) in [6.07, 6.45) is 0.998. The molecule has 0 unspecified atom stereocenters. The van der Waals surface area contributed by atoms with Crippen molar-refractivity contribution in [2.75, 3.05) is 5.32 Å². The molecule has 0 aliphatic heterocycles. The van der Waals surface area contributed by atoms with E-state index in [1.807, 2.05) is 31.2 Å². The molecule has 2 N–H and O–H groups in total. The van der Waals surface area contributed by atoms with Crippen LogP contribution in [0.3, 0.4) is 0 Å². The van der Waals surface area contributed by atoms with Crippen molar-refractivity contribution in [3.8, 4) is 0 Å². The zero-order valence-electron chi connectivity index (χ0n) is 15.0. The van der Waals surface area contributed by atoms with E-state index >= 15 is 0 Å². The number of nitrogens with zero attached hydrogens (tertiary/aromatic N) is 1. The molecule has 0 radical (unpaired) electrons. The van der Waals surface area contributed by atoms with E-state index in [2.05, 4.69) is 43.0 Å². The summed E-state index contributed by atoms with van der Waals surface area (Å²) < 4.78 is 0.465. The maximum absolute atomic E-state index is 12.2. The van der Waals surface area contributed by atoms with Crippen molar-refractivity contribution in [3.63, 3.8) is 0 Å². The van der Waals surface area contributed by atoms with Crippen LogP contribution >= 0.6 is 12.2 Å². The van der Waals surface area contributed by atoms with Gasteiger partial charge in [0, 0.05) is 23.2 Å². The molecule has 128 valence electrons. The van der Waals surface area contributed by atoms with Gasteiger partial charge in [0.15, 0.2) is 4.77 Å². The van der Waals surface area contributed by atoms with E-state index in [0.717, 1.165) is 17.1 Å². The summed E-state index contributed by atoms with van der Waals surface area (Å²) >= 11 is 5.20. The van der Waals surface area contributed by atoms with E-state index < -0.39 is 0 Å². The molecule has 1 aromatic carbocycles. The summed E-state index contributed by atoms with van der Waals surface area (Å²) in [7, 11) is 0. The standard InChI is InChI=1S/C19H25N3OS/c1-12-6-7-14(10-13(12)2)20-17(23)9-8-15-11-16(19(3,4)5)22-18(24)21-15/h6-7,10-11H,8-9H2,1-5H3,(H,20,23)(H,21,22,24). The van der Waals surface area contributed by atoms with Gasteiger partial charge < -0.3 is 10.3 Å². The third kappa shape index (κ3) is 4.99. The number of aryl methyl sites for hydroxylation is 3. The van der Waals surface area contributed by atoms with E-state index in [1.54, 1.807) is 0 Å². The Morgan fingerprint density at radius 1 is 1.21 bits per heavy atom. The van der Waals surface area contributed by atoms with E-state index in [0.29, 0.717) is 17.6 Å². The van der Waals surface area contributed by atoms with Crippen LogP contribution in [0.4, 0.5) is 5.69 Å². The van der Waals surface area contributed by atoms with Gasteiger partial charge in [0.25, 0.3) is 0 Å². The molecule has 0 spiro atoms. The first-order chi connectivity index (χ1) is 11.1. The van der Waals surface area contributed by atoms with Crippen LogP contribution in [0, 0.1) is 18.6 Å². The molecule has 2 rings (SSSR count). The number of aromatic nitrogens is 2. The first-order valence-electron chi connectivity index (χ1n) is 8.13. The second-order valence-corrected chi connectivity index (χ2v) is 7.58. The third-order valence-electron chi connectivity index (χ3n) is 3.98. The minimum Gasteiger partial charge on any atom is -0.334 e. The average molecular weight is 343 g/mol. The van der Waals surface area contributed by atoms with Gasteiger partial charge in [0.05, 0.1) is 5.69 Å². The van der Waals surface area contributed by atoms with Crippen molar-refractivity contribution in [1.82, 2.24) is 9.97 Å². The predicted octanol–water partition coefficient (Wildman–Crippen LogP) is 4.62. The lowest BCUT2D eigenvalue weighted by Gasteiger charge is -2.18. The third-order valence-corrected chi connectivity index (χ3v) is 4.17. The van der Waals surface area contributed by atoms with Crippen LogP contribution < -0.4 is 5.32 Å². The van der Waals surface area contributed by atoms with E-state index in [-0.39, 0.29) is 11.3 Å². The molecule has 5 heteroatoms. The van der Waals surface area contributed by atoms with Crippen molar-refractivity contribution in [3.05, 3.63) is 51.6 Å². The Labute approximate surface area is 148 Å². The Balaban J connectivity index is 2.02. The number of carbonyl (C=O) groups is 1. The summed E-state index contributed by atoms with van der Waals surface area (Å²) in [5, 5.41) is 2.95. The minimum absolute atomic E-state index is 0.00769. The van der Waals surface area contributed by atoms with Gasteiger partial charge in [-0.15, -0.1) is 0 Å². The van der Waals surface area contributed by atoms with Gasteiger partial charge >= 0.3 is 0 Å². The summed E-state index contributed by atoms with van der Waals surface area (Å²) in [5.41, 5.74) is 5.03. The summed E-state index contributed by atoms with van der Waals surface area (Å²) in [6.45, 7) is 10.4. The van der Waals surface area contributed by atoms with Crippen molar-refractivity contribution < 1.29 is 4.79 Å². The molecule has 0 atom stereocenters. The fourth-order valence-electron chi connectivity index (χ4n) is 2.32. The van der Waals surface area contributed by atoms with Gasteiger partial charge in [-0.2, -0.15) is 0 Å². The Morgan fingerprint density at radius 3 is 2.54 bits per heavy atom. The molecule has 0 fully saturated rings. The number of hydrogen-bond donors (Lipinski definition) is 2. The summed E-state index contributed by atoms with van der Waals surface area (Å²) in [4.78, 5) is 19.6. The topological polar surface area (TPSA) is 57.8 Å². The van der Waals surface area contributed by atoms with Gasteiger partial charge in [0.1, 0.15) is 0 Å². The largest absolute Gasteiger partial charge is 0.334 e. The summed E-state index contributed by atoms with van der Waals surface area (Å²) in [6, 6.07) is 7.93. The predicted molar refractivity (Wildman–Crippen MR) is 101 cm³/mol. The Hall–Kier alpha value is -2.01. The zero-order valence-corrected chi connectivity index (χ0v) is 15.8. The van der Waals surface area contributed by atoms with Gasteiger partial charge in [-0.3, -0.25) is 4.79 Å². The maximum atomic E-state index is 12.2. The molecule has 0 saturated carbocycles. The second-order valence-electron chi connectivity index (χ2n) is 7.19. The molecular weight excluding hydrogens is 318 g/mol. The van der Waals surface area contributed by atoms with Crippen molar-refractivity contribution in [2.24, 2.45) is 0 Å². The fraction of sp³-hybridized carbons (Fsp3) is 0.421. The van der Waals surface area contributed by atoms with Gasteiger partial charge in [-0.25, -0.2) is 4.98 Å². The van der Waals surface area contributed by atoms with Crippen molar-refractivity contribution >= 4 is 23.8 Å². The Morgan fingerprint density at radius 2 is 1.92 bits per heavy atom. The molecule has 1 amide bonds. The van der Waals surface area contributed by atoms with Gasteiger partial charge in [-0.05, 0) is 61.8 Å². The number of nitrogens with one attached hydrogen (secondary N) is 2. The molecule has 0 aliphatic carbocycles. The monoisotopic (exact) mass is 343 g/mol. The number of anilines is 1. The van der Waals surface area contributed by atoms with Crippen LogP contribution in [-0.2, 0) is 16.6 Å². The highest BCUT2D eigenvalue weighted by atomic mass is 32.1. The zero-order chi connectivity index (χ0) is 17.9. The molecule has 0 bridgehead atoms. The average Bonchev–Trinajstić information content (AvgIpc) is 2.47. The van der Waals surface area contributed by atoms with Crippen LogP contribution in [0.5, 0.6) is 0 Å². The highest BCUT2D eigenvalue weighted by Crippen LogP contribution is 2.20. The van der Waals surface area contributed by atoms with Crippen molar-refractivity contribution in [1.29, 1.82) is 0 Å². The van der Waals surface area contributed by atoms with Crippen LogP contribution in [0.1, 0.15) is 49.7 Å².